The Morgan fingerprint density at radius 2 is 1.27 bits per heavy atom. The van der Waals surface area contributed by atoms with Gasteiger partial charge in [0.1, 0.15) is 12.0 Å². The Balaban J connectivity index is 1.14. The first-order chi connectivity index (χ1) is 25.0. The van der Waals surface area contributed by atoms with E-state index in [9.17, 15) is 5.26 Å². The van der Waals surface area contributed by atoms with Crippen molar-refractivity contribution in [2.45, 2.75) is 25.4 Å². The number of nitrogens with zero attached hydrogens (tertiary/aromatic N) is 3. The van der Waals surface area contributed by atoms with Gasteiger partial charge >= 0.3 is 0 Å². The summed E-state index contributed by atoms with van der Waals surface area (Å²) in [6, 6.07) is 57.5. The van der Waals surface area contributed by atoms with Gasteiger partial charge in [0.2, 0.25) is 0 Å². The Morgan fingerprint density at radius 1 is 0.588 bits per heavy atom. The highest BCUT2D eigenvalue weighted by molar-refractivity contribution is 6.13. The highest BCUT2D eigenvalue weighted by atomic mass is 15.2. The molecule has 1 heterocycles. The summed E-state index contributed by atoms with van der Waals surface area (Å²) in [6.07, 6.45) is -0.355. The molecule has 1 aliphatic heterocycles. The summed E-state index contributed by atoms with van der Waals surface area (Å²) in [7, 11) is 0. The molecule has 7 aromatic carbocycles. The Labute approximate surface area is 298 Å². The first-order valence-electron chi connectivity index (χ1n) is 17.3. The van der Waals surface area contributed by atoms with Gasteiger partial charge in [0.15, 0.2) is 5.84 Å². The molecule has 0 fully saturated rings. The van der Waals surface area contributed by atoms with Crippen LogP contribution in [0, 0.1) is 11.3 Å². The van der Waals surface area contributed by atoms with Crippen LogP contribution >= 0.6 is 0 Å². The van der Waals surface area contributed by atoms with E-state index in [-0.39, 0.29) is 11.6 Å². The van der Waals surface area contributed by atoms with Crippen molar-refractivity contribution < 1.29 is 0 Å². The molecular formula is C47H34N4. The average Bonchev–Trinajstić information content (AvgIpc) is 3.43. The van der Waals surface area contributed by atoms with Crippen molar-refractivity contribution in [2.24, 2.45) is 9.98 Å². The largest absolute Gasteiger partial charge is 0.344 e. The van der Waals surface area contributed by atoms with E-state index in [2.05, 4.69) is 134 Å². The van der Waals surface area contributed by atoms with Crippen molar-refractivity contribution in [3.8, 4) is 39.4 Å². The van der Waals surface area contributed by atoms with Crippen molar-refractivity contribution in [3.05, 3.63) is 191 Å². The molecule has 1 aliphatic carbocycles. The van der Waals surface area contributed by atoms with Gasteiger partial charge in [-0.15, -0.1) is 0 Å². The van der Waals surface area contributed by atoms with Crippen LogP contribution in [-0.2, 0) is 5.41 Å². The molecule has 4 heteroatoms. The molecule has 0 saturated carbocycles. The zero-order chi connectivity index (χ0) is 34.5. The predicted octanol–water partition coefficient (Wildman–Crippen LogP) is 10.8. The van der Waals surface area contributed by atoms with Crippen molar-refractivity contribution in [2.75, 3.05) is 0 Å². The van der Waals surface area contributed by atoms with E-state index in [1.54, 1.807) is 0 Å². The van der Waals surface area contributed by atoms with Gasteiger partial charge in [0.05, 0.1) is 11.6 Å². The summed E-state index contributed by atoms with van der Waals surface area (Å²) >= 11 is 0. The van der Waals surface area contributed by atoms with Crippen LogP contribution in [0.4, 0.5) is 0 Å². The summed E-state index contributed by atoms with van der Waals surface area (Å²) in [5.74, 6) is 1.50. The molecule has 0 bridgehead atoms. The number of aliphatic imine (C=N–C) groups is 2. The second kappa shape index (κ2) is 12.1. The standard InChI is InChI=1S/C47H34N4/c1-47(2)40-19-11-17-36(29-48)43(40)38-26-25-35(28-41(38)47)30-20-22-32(23-21-30)42-37-18-10-9-12-31(37)24-27-39(42)46-50-44(33-13-5-3-6-14-33)49-45(51-46)34-15-7-4-8-16-34/h3-28,46H,1-2H3,(H,49,50,51). The summed E-state index contributed by atoms with van der Waals surface area (Å²) in [5.41, 5.74) is 12.9. The second-order valence-corrected chi connectivity index (χ2v) is 13.7. The van der Waals surface area contributed by atoms with E-state index >= 15 is 0 Å². The minimum absolute atomic E-state index is 0.195. The molecule has 51 heavy (non-hydrogen) atoms. The van der Waals surface area contributed by atoms with Crippen molar-refractivity contribution in [3.63, 3.8) is 0 Å². The molecule has 0 spiro atoms. The number of fused-ring (bicyclic) bond motifs is 4. The van der Waals surface area contributed by atoms with Crippen LogP contribution in [0.1, 0.15) is 53.4 Å². The quantitative estimate of drug-likeness (QED) is 0.201. The zero-order valence-corrected chi connectivity index (χ0v) is 28.4. The Hall–Kier alpha value is -6.57. The molecule has 1 atom stereocenters. The van der Waals surface area contributed by atoms with Gasteiger partial charge in [-0.1, -0.05) is 159 Å². The molecule has 242 valence electrons. The fourth-order valence-electron chi connectivity index (χ4n) is 7.80. The molecule has 4 nitrogen and oxygen atoms in total. The monoisotopic (exact) mass is 654 g/mol. The van der Waals surface area contributed by atoms with Gasteiger partial charge in [-0.2, -0.15) is 5.26 Å². The molecule has 1 N–H and O–H groups in total. The lowest BCUT2D eigenvalue weighted by Gasteiger charge is -2.26. The van der Waals surface area contributed by atoms with Gasteiger partial charge in [-0.05, 0) is 61.8 Å². The normalized spacial score (nSPS) is 15.6. The van der Waals surface area contributed by atoms with Crippen molar-refractivity contribution in [1.82, 2.24) is 5.32 Å². The summed E-state index contributed by atoms with van der Waals surface area (Å²) < 4.78 is 0. The fraction of sp³-hybridized carbons (Fsp3) is 0.0851. The third-order valence-electron chi connectivity index (χ3n) is 10.4. The first-order valence-corrected chi connectivity index (χ1v) is 17.3. The highest BCUT2D eigenvalue weighted by Crippen LogP contribution is 2.51. The van der Waals surface area contributed by atoms with E-state index < -0.39 is 0 Å². The van der Waals surface area contributed by atoms with Gasteiger partial charge in [-0.25, -0.2) is 9.98 Å². The predicted molar refractivity (Wildman–Crippen MR) is 209 cm³/mol. The first kappa shape index (κ1) is 30.5. The molecule has 0 amide bonds. The van der Waals surface area contributed by atoms with Crippen LogP contribution in [0.5, 0.6) is 0 Å². The summed E-state index contributed by atoms with van der Waals surface area (Å²) in [5, 5.41) is 15.9. The molecule has 0 aromatic heterocycles. The van der Waals surface area contributed by atoms with Crippen LogP contribution in [-0.4, -0.2) is 11.7 Å². The number of benzene rings is 7. The fourth-order valence-corrected chi connectivity index (χ4v) is 7.80. The topological polar surface area (TPSA) is 60.5 Å². The van der Waals surface area contributed by atoms with E-state index in [4.69, 9.17) is 9.98 Å². The van der Waals surface area contributed by atoms with Crippen LogP contribution in [0.25, 0.3) is 44.2 Å². The van der Waals surface area contributed by atoms with E-state index in [1.165, 1.54) is 21.9 Å². The van der Waals surface area contributed by atoms with Crippen molar-refractivity contribution in [1.29, 1.82) is 5.26 Å². The lowest BCUT2D eigenvalue weighted by atomic mass is 9.81. The van der Waals surface area contributed by atoms with Crippen LogP contribution in [0.3, 0.4) is 0 Å². The number of hydrogen-bond acceptors (Lipinski definition) is 4. The molecule has 7 aromatic rings. The Kier molecular flexibility index (Phi) is 7.22. The maximum absolute atomic E-state index is 9.88. The lowest BCUT2D eigenvalue weighted by molar-refractivity contribution is 0.660. The number of nitriles is 1. The SMILES string of the molecule is CC1(C)c2cc(-c3ccc(-c4c(C5N=C(c6ccccc6)N=C(c6ccccc6)N5)ccc5ccccc45)cc3)ccc2-c2c(C#N)cccc21. The molecule has 0 saturated heterocycles. The zero-order valence-electron chi connectivity index (χ0n) is 28.4. The van der Waals surface area contributed by atoms with Gasteiger partial charge in [0, 0.05) is 27.7 Å². The highest BCUT2D eigenvalue weighted by Gasteiger charge is 2.37. The van der Waals surface area contributed by atoms with Crippen LogP contribution in [0.15, 0.2) is 168 Å². The average molecular weight is 655 g/mol. The number of amidine groups is 2. The third-order valence-corrected chi connectivity index (χ3v) is 10.4. The van der Waals surface area contributed by atoms with Gasteiger partial charge in [0.25, 0.3) is 0 Å². The maximum atomic E-state index is 9.88. The minimum atomic E-state index is -0.355. The number of hydrogen-bond donors (Lipinski definition) is 1. The smallest absolute Gasteiger partial charge is 0.159 e. The molecule has 0 radical (unpaired) electrons. The maximum Gasteiger partial charge on any atom is 0.159 e. The minimum Gasteiger partial charge on any atom is -0.344 e. The van der Waals surface area contributed by atoms with Gasteiger partial charge < -0.3 is 5.32 Å². The van der Waals surface area contributed by atoms with E-state index in [0.717, 1.165) is 61.5 Å². The van der Waals surface area contributed by atoms with E-state index in [1.807, 2.05) is 48.5 Å². The van der Waals surface area contributed by atoms with Crippen molar-refractivity contribution >= 4 is 22.4 Å². The molecular weight excluding hydrogens is 621 g/mol. The number of rotatable bonds is 5. The summed E-state index contributed by atoms with van der Waals surface area (Å²) in [4.78, 5) is 10.2. The second-order valence-electron chi connectivity index (χ2n) is 13.7. The van der Waals surface area contributed by atoms with Crippen LogP contribution in [0.2, 0.25) is 0 Å². The summed E-state index contributed by atoms with van der Waals surface area (Å²) in [6.45, 7) is 4.51. The van der Waals surface area contributed by atoms with Crippen LogP contribution < -0.4 is 5.32 Å². The lowest BCUT2D eigenvalue weighted by Crippen LogP contribution is -2.33. The third kappa shape index (κ3) is 5.14. The molecule has 2 aliphatic rings. The molecule has 1 unspecified atom stereocenters. The Bertz CT molecular complexity index is 2570. The van der Waals surface area contributed by atoms with E-state index in [0.29, 0.717) is 5.84 Å². The number of nitrogens with one attached hydrogen (secondary N) is 1. The van der Waals surface area contributed by atoms with Gasteiger partial charge in [-0.3, -0.25) is 0 Å². The Morgan fingerprint density at radius 3 is 2.04 bits per heavy atom. The molecule has 9 rings (SSSR count).